The van der Waals surface area contributed by atoms with Crippen molar-refractivity contribution in [3.8, 4) is 5.75 Å². The lowest BCUT2D eigenvalue weighted by molar-refractivity contribution is -0.181. The Balaban J connectivity index is 1.27. The van der Waals surface area contributed by atoms with E-state index in [4.69, 9.17) is 14.2 Å². The van der Waals surface area contributed by atoms with Gasteiger partial charge < -0.3 is 19.1 Å². The molecule has 5 rings (SSSR count). The van der Waals surface area contributed by atoms with Crippen LogP contribution in [0.15, 0.2) is 54.1 Å². The van der Waals surface area contributed by atoms with Crippen LogP contribution < -0.4 is 4.74 Å². The molecule has 2 aromatic rings. The van der Waals surface area contributed by atoms with E-state index in [0.29, 0.717) is 61.6 Å². The molecule has 2 saturated heterocycles. The van der Waals surface area contributed by atoms with Crippen LogP contribution in [0.25, 0.3) is 4.91 Å². The highest BCUT2D eigenvalue weighted by atomic mass is 32.2. The van der Waals surface area contributed by atoms with Crippen molar-refractivity contribution in [2.75, 3.05) is 33.4 Å². The number of carbonyl (C=O) groups excluding carboxylic acids is 2. The number of ether oxygens (including phenoxy) is 3. The summed E-state index contributed by atoms with van der Waals surface area (Å²) >= 11 is 0. The van der Waals surface area contributed by atoms with Crippen molar-refractivity contribution >= 4 is 26.7 Å². The highest BCUT2D eigenvalue weighted by Crippen LogP contribution is 2.37. The first kappa shape index (κ1) is 24.5. The Kier molecular flexibility index (Phi) is 6.36. The highest BCUT2D eigenvalue weighted by molar-refractivity contribution is 7.99. The van der Waals surface area contributed by atoms with Crippen LogP contribution in [-0.4, -0.2) is 68.6 Å². The van der Waals surface area contributed by atoms with Gasteiger partial charge in [-0.05, 0) is 54.4 Å². The minimum Gasteiger partial charge on any atom is -0.497 e. The van der Waals surface area contributed by atoms with Gasteiger partial charge in [-0.2, -0.15) is 0 Å². The van der Waals surface area contributed by atoms with Gasteiger partial charge in [0.25, 0.3) is 21.8 Å². The van der Waals surface area contributed by atoms with E-state index >= 15 is 0 Å². The van der Waals surface area contributed by atoms with Crippen molar-refractivity contribution in [1.82, 2.24) is 9.21 Å². The first-order valence-electron chi connectivity index (χ1n) is 11.8. The topological polar surface area (TPSA) is 102 Å². The molecule has 1 spiro atoms. The lowest BCUT2D eigenvalue weighted by Crippen LogP contribution is -2.47. The molecule has 2 amide bonds. The number of hydrogen-bond donors (Lipinski definition) is 0. The van der Waals surface area contributed by atoms with Crippen LogP contribution in [0.4, 0.5) is 0 Å². The van der Waals surface area contributed by atoms with E-state index in [9.17, 15) is 18.0 Å². The summed E-state index contributed by atoms with van der Waals surface area (Å²) in [7, 11) is -2.50. The highest BCUT2D eigenvalue weighted by Gasteiger charge is 2.43. The molecule has 0 N–H and O–H groups in total. The Hall–Kier alpha value is -3.21. The fourth-order valence-electron chi connectivity index (χ4n) is 4.90. The van der Waals surface area contributed by atoms with E-state index in [0.717, 1.165) is 4.31 Å². The largest absolute Gasteiger partial charge is 0.497 e. The summed E-state index contributed by atoms with van der Waals surface area (Å²) in [5, 5.41) is 0. The van der Waals surface area contributed by atoms with Gasteiger partial charge >= 0.3 is 0 Å². The molecule has 3 heterocycles. The van der Waals surface area contributed by atoms with Crippen molar-refractivity contribution in [2.24, 2.45) is 0 Å². The standard InChI is InChI=1S/C26H28N2O7S/c1-18-23(20-7-9-22(33-2)10-8-20)36(31,32)28(24(18)29)17-19-3-5-21(6-4-19)25(30)27-13-11-26(12-14-27)34-15-16-35-26/h3-10H,11-17H2,1-2H3. The number of sulfonamides is 1. The molecule has 2 aromatic carbocycles. The lowest BCUT2D eigenvalue weighted by atomic mass is 10.0. The molecule has 36 heavy (non-hydrogen) atoms. The summed E-state index contributed by atoms with van der Waals surface area (Å²) in [5.41, 5.74) is 1.72. The van der Waals surface area contributed by atoms with Crippen LogP contribution in [0, 0.1) is 0 Å². The fourth-order valence-corrected chi connectivity index (χ4v) is 6.70. The van der Waals surface area contributed by atoms with Gasteiger partial charge in [-0.25, -0.2) is 12.7 Å². The third-order valence-electron chi connectivity index (χ3n) is 6.94. The molecule has 3 aliphatic rings. The SMILES string of the molecule is COc1ccc(C2=C(C)C(=O)N(Cc3ccc(C(=O)N4CCC5(CC4)OCCO5)cc3)S2(=O)=O)cc1. The molecule has 0 aromatic heterocycles. The van der Waals surface area contributed by atoms with Crippen molar-refractivity contribution in [1.29, 1.82) is 0 Å². The monoisotopic (exact) mass is 512 g/mol. The molecule has 0 unspecified atom stereocenters. The molecule has 0 aliphatic carbocycles. The maximum absolute atomic E-state index is 13.3. The Morgan fingerprint density at radius 3 is 2.19 bits per heavy atom. The Labute approximate surface area is 210 Å². The quantitative estimate of drug-likeness (QED) is 0.607. The number of rotatable bonds is 5. The molecule has 190 valence electrons. The van der Waals surface area contributed by atoms with Crippen molar-refractivity contribution in [3.63, 3.8) is 0 Å². The number of carbonyl (C=O) groups is 2. The van der Waals surface area contributed by atoms with E-state index in [-0.39, 0.29) is 22.9 Å². The average Bonchev–Trinajstić information content (AvgIpc) is 3.41. The second-order valence-corrected chi connectivity index (χ2v) is 10.9. The molecule has 0 saturated carbocycles. The van der Waals surface area contributed by atoms with Gasteiger partial charge in [-0.1, -0.05) is 12.1 Å². The minimum absolute atomic E-state index is 0.0000398. The zero-order valence-corrected chi connectivity index (χ0v) is 21.0. The van der Waals surface area contributed by atoms with Crippen LogP contribution in [0.2, 0.25) is 0 Å². The predicted octanol–water partition coefficient (Wildman–Crippen LogP) is 2.78. The first-order chi connectivity index (χ1) is 17.2. The van der Waals surface area contributed by atoms with E-state index in [1.165, 1.54) is 14.0 Å². The zero-order chi connectivity index (χ0) is 25.5. The number of hydrogen-bond acceptors (Lipinski definition) is 7. The summed E-state index contributed by atoms with van der Waals surface area (Å²) in [5.74, 6) is -0.613. The number of amides is 2. The van der Waals surface area contributed by atoms with Gasteiger partial charge in [0, 0.05) is 37.1 Å². The zero-order valence-electron chi connectivity index (χ0n) is 20.2. The number of benzene rings is 2. The normalized spacial score (nSPS) is 20.9. The van der Waals surface area contributed by atoms with Crippen molar-refractivity contribution in [2.45, 2.75) is 32.1 Å². The van der Waals surface area contributed by atoms with Crippen LogP contribution in [0.1, 0.15) is 41.3 Å². The Bertz CT molecular complexity index is 1300. The summed E-state index contributed by atoms with van der Waals surface area (Å²) < 4.78 is 44.1. The van der Waals surface area contributed by atoms with E-state index in [2.05, 4.69) is 0 Å². The third-order valence-corrected chi connectivity index (χ3v) is 8.87. The number of piperidine rings is 1. The Morgan fingerprint density at radius 2 is 1.61 bits per heavy atom. The van der Waals surface area contributed by atoms with E-state index in [1.54, 1.807) is 53.4 Å². The summed E-state index contributed by atoms with van der Waals surface area (Å²) in [6.07, 6.45) is 1.27. The van der Waals surface area contributed by atoms with Gasteiger partial charge in [0.15, 0.2) is 5.79 Å². The molecular formula is C26H28N2O7S. The van der Waals surface area contributed by atoms with Gasteiger partial charge in [0.2, 0.25) is 0 Å². The smallest absolute Gasteiger partial charge is 0.268 e. The van der Waals surface area contributed by atoms with Crippen LogP contribution >= 0.6 is 0 Å². The number of nitrogens with zero attached hydrogens (tertiary/aromatic N) is 2. The maximum Gasteiger partial charge on any atom is 0.268 e. The summed E-state index contributed by atoms with van der Waals surface area (Å²) in [4.78, 5) is 27.6. The fraction of sp³-hybridized carbons (Fsp3) is 0.385. The molecule has 0 radical (unpaired) electrons. The van der Waals surface area contributed by atoms with Gasteiger partial charge in [0.1, 0.15) is 10.7 Å². The summed E-state index contributed by atoms with van der Waals surface area (Å²) in [6, 6.07) is 13.3. The average molecular weight is 513 g/mol. The van der Waals surface area contributed by atoms with Crippen LogP contribution in [0.3, 0.4) is 0 Å². The predicted molar refractivity (Wildman–Crippen MR) is 131 cm³/mol. The minimum atomic E-state index is -4.03. The first-order valence-corrected chi connectivity index (χ1v) is 13.3. The van der Waals surface area contributed by atoms with Gasteiger partial charge in [-0.15, -0.1) is 0 Å². The van der Waals surface area contributed by atoms with Crippen LogP contribution in [0.5, 0.6) is 5.75 Å². The second kappa shape index (κ2) is 9.34. The van der Waals surface area contributed by atoms with E-state index < -0.39 is 21.7 Å². The van der Waals surface area contributed by atoms with Crippen molar-refractivity contribution < 1.29 is 32.2 Å². The number of methoxy groups -OCH3 is 1. The lowest BCUT2D eigenvalue weighted by Gasteiger charge is -2.37. The molecule has 10 heteroatoms. The van der Waals surface area contributed by atoms with Crippen LogP contribution in [-0.2, 0) is 30.8 Å². The second-order valence-electron chi connectivity index (χ2n) is 9.10. The molecular weight excluding hydrogens is 484 g/mol. The van der Waals surface area contributed by atoms with Gasteiger partial charge in [-0.3, -0.25) is 9.59 Å². The Morgan fingerprint density at radius 1 is 1.00 bits per heavy atom. The third kappa shape index (κ3) is 4.29. The summed E-state index contributed by atoms with van der Waals surface area (Å²) in [6.45, 7) is 3.65. The maximum atomic E-state index is 13.3. The molecule has 0 bridgehead atoms. The number of likely N-dealkylation sites (tertiary alicyclic amines) is 1. The molecule has 3 aliphatic heterocycles. The molecule has 9 nitrogen and oxygen atoms in total. The molecule has 0 atom stereocenters. The van der Waals surface area contributed by atoms with E-state index in [1.807, 2.05) is 0 Å². The van der Waals surface area contributed by atoms with Gasteiger partial charge in [0.05, 0.1) is 26.9 Å². The van der Waals surface area contributed by atoms with Crippen molar-refractivity contribution in [3.05, 3.63) is 70.8 Å². The molecule has 2 fully saturated rings.